The minimum atomic E-state index is -0.588. The lowest BCUT2D eigenvalue weighted by Gasteiger charge is -2.26. The number of ether oxygens (including phenoxy) is 1. The molecule has 0 aliphatic carbocycles. The molecule has 0 aliphatic rings. The number of hydrogen-bond donors (Lipinski definition) is 0. The molecular formula is C19H21ClO2. The van der Waals surface area contributed by atoms with Crippen LogP contribution < -0.4 is 4.74 Å². The van der Waals surface area contributed by atoms with Gasteiger partial charge in [-0.1, -0.05) is 63.2 Å². The average Bonchev–Trinajstić information content (AvgIpc) is 2.53. The van der Waals surface area contributed by atoms with E-state index >= 15 is 0 Å². The van der Waals surface area contributed by atoms with Crippen LogP contribution in [0.15, 0.2) is 54.6 Å². The standard InChI is InChI=1S/C19H21ClO2/c1-4-17(18(20)21)22-16-12-10-15(11-13-16)19(2,3)14-8-6-5-7-9-14/h5-13,17H,4H2,1-3H3/t17-/m0/s1. The quantitative estimate of drug-likeness (QED) is 0.706. The predicted molar refractivity (Wildman–Crippen MR) is 90.6 cm³/mol. The van der Waals surface area contributed by atoms with Gasteiger partial charge in [0.1, 0.15) is 5.75 Å². The predicted octanol–water partition coefficient (Wildman–Crippen LogP) is 4.94. The van der Waals surface area contributed by atoms with Crippen molar-refractivity contribution in [1.29, 1.82) is 0 Å². The molecule has 0 N–H and O–H groups in total. The Hall–Kier alpha value is -1.80. The summed E-state index contributed by atoms with van der Waals surface area (Å²) in [6, 6.07) is 18.2. The molecule has 0 saturated heterocycles. The minimum Gasteiger partial charge on any atom is -0.481 e. The fourth-order valence-electron chi connectivity index (χ4n) is 2.43. The molecule has 0 spiro atoms. The summed E-state index contributed by atoms with van der Waals surface area (Å²) < 4.78 is 5.62. The van der Waals surface area contributed by atoms with Crippen molar-refractivity contribution < 1.29 is 9.53 Å². The molecule has 0 bridgehead atoms. The van der Waals surface area contributed by atoms with Crippen molar-refractivity contribution in [3.63, 3.8) is 0 Å². The summed E-state index contributed by atoms with van der Waals surface area (Å²) in [6.07, 6.45) is -0.0331. The van der Waals surface area contributed by atoms with E-state index in [-0.39, 0.29) is 5.41 Å². The highest BCUT2D eigenvalue weighted by Crippen LogP contribution is 2.32. The highest BCUT2D eigenvalue weighted by atomic mass is 35.5. The topological polar surface area (TPSA) is 26.3 Å². The van der Waals surface area contributed by atoms with Crippen LogP contribution in [0.3, 0.4) is 0 Å². The molecule has 0 amide bonds. The van der Waals surface area contributed by atoms with Gasteiger partial charge < -0.3 is 4.74 Å². The minimum absolute atomic E-state index is 0.0910. The van der Waals surface area contributed by atoms with Gasteiger partial charge in [-0.15, -0.1) is 0 Å². The van der Waals surface area contributed by atoms with Gasteiger partial charge in [0.15, 0.2) is 6.10 Å². The Bertz CT molecular complexity index is 618. The van der Waals surface area contributed by atoms with Gasteiger partial charge in [0.25, 0.3) is 5.24 Å². The zero-order chi connectivity index (χ0) is 16.2. The van der Waals surface area contributed by atoms with E-state index in [1.54, 1.807) is 0 Å². The van der Waals surface area contributed by atoms with E-state index in [1.165, 1.54) is 11.1 Å². The Labute approximate surface area is 137 Å². The Morgan fingerprint density at radius 1 is 1.05 bits per heavy atom. The molecule has 0 heterocycles. The van der Waals surface area contributed by atoms with Crippen LogP contribution in [0.25, 0.3) is 0 Å². The molecule has 1 atom stereocenters. The van der Waals surface area contributed by atoms with Crippen LogP contribution in [0.5, 0.6) is 5.75 Å². The third-order valence-electron chi connectivity index (χ3n) is 3.97. The first-order valence-electron chi connectivity index (χ1n) is 7.47. The van der Waals surface area contributed by atoms with Gasteiger partial charge in [0, 0.05) is 5.41 Å². The van der Waals surface area contributed by atoms with E-state index in [1.807, 2.05) is 49.4 Å². The lowest BCUT2D eigenvalue weighted by molar-refractivity contribution is -0.117. The lowest BCUT2D eigenvalue weighted by atomic mass is 9.78. The van der Waals surface area contributed by atoms with Crippen LogP contribution in [0.1, 0.15) is 38.3 Å². The van der Waals surface area contributed by atoms with E-state index < -0.39 is 11.3 Å². The number of benzene rings is 2. The molecule has 0 fully saturated rings. The van der Waals surface area contributed by atoms with Gasteiger partial charge in [-0.2, -0.15) is 0 Å². The summed E-state index contributed by atoms with van der Waals surface area (Å²) in [4.78, 5) is 11.2. The second-order valence-electron chi connectivity index (χ2n) is 5.83. The molecular weight excluding hydrogens is 296 g/mol. The van der Waals surface area contributed by atoms with Crippen molar-refractivity contribution in [1.82, 2.24) is 0 Å². The largest absolute Gasteiger partial charge is 0.481 e. The molecule has 0 aliphatic heterocycles. The van der Waals surface area contributed by atoms with Gasteiger partial charge in [-0.25, -0.2) is 0 Å². The fraction of sp³-hybridized carbons (Fsp3) is 0.316. The van der Waals surface area contributed by atoms with Crippen molar-refractivity contribution in [2.24, 2.45) is 0 Å². The number of hydrogen-bond acceptors (Lipinski definition) is 2. The molecule has 0 radical (unpaired) electrons. The number of carbonyl (C=O) groups excluding carboxylic acids is 1. The summed E-state index contributed by atoms with van der Waals surface area (Å²) in [5.41, 5.74) is 2.36. The van der Waals surface area contributed by atoms with Crippen LogP contribution in [0, 0.1) is 0 Å². The fourth-order valence-corrected chi connectivity index (χ4v) is 2.62. The summed E-state index contributed by atoms with van der Waals surface area (Å²) >= 11 is 5.51. The molecule has 22 heavy (non-hydrogen) atoms. The first-order chi connectivity index (χ1) is 10.4. The molecule has 2 nitrogen and oxygen atoms in total. The van der Waals surface area contributed by atoms with Crippen LogP contribution in [0.2, 0.25) is 0 Å². The van der Waals surface area contributed by atoms with E-state index in [2.05, 4.69) is 26.0 Å². The SMILES string of the molecule is CC[C@H](Oc1ccc(C(C)(C)c2ccccc2)cc1)C(=O)Cl. The van der Waals surface area contributed by atoms with Gasteiger partial charge >= 0.3 is 0 Å². The number of rotatable bonds is 6. The van der Waals surface area contributed by atoms with Crippen molar-refractivity contribution in [3.8, 4) is 5.75 Å². The van der Waals surface area contributed by atoms with Crippen LogP contribution in [-0.4, -0.2) is 11.3 Å². The maximum absolute atomic E-state index is 11.2. The monoisotopic (exact) mass is 316 g/mol. The molecule has 2 aromatic carbocycles. The molecule has 116 valence electrons. The highest BCUT2D eigenvalue weighted by molar-refractivity contribution is 6.64. The summed E-state index contributed by atoms with van der Waals surface area (Å²) in [5, 5.41) is -0.462. The third kappa shape index (κ3) is 3.69. The number of carbonyl (C=O) groups is 1. The Balaban J connectivity index is 2.20. The zero-order valence-corrected chi connectivity index (χ0v) is 13.9. The maximum Gasteiger partial charge on any atom is 0.262 e. The van der Waals surface area contributed by atoms with Crippen molar-refractivity contribution in [3.05, 3.63) is 65.7 Å². The third-order valence-corrected chi connectivity index (χ3v) is 4.22. The Morgan fingerprint density at radius 3 is 2.09 bits per heavy atom. The molecule has 0 aromatic heterocycles. The first kappa shape index (κ1) is 16.6. The molecule has 3 heteroatoms. The van der Waals surface area contributed by atoms with E-state index in [0.717, 1.165) is 0 Å². The normalized spacial score (nSPS) is 12.7. The van der Waals surface area contributed by atoms with Gasteiger partial charge in [0.2, 0.25) is 0 Å². The first-order valence-corrected chi connectivity index (χ1v) is 7.85. The van der Waals surface area contributed by atoms with E-state index in [9.17, 15) is 4.79 Å². The molecule has 0 unspecified atom stereocenters. The van der Waals surface area contributed by atoms with Gasteiger partial charge in [0.05, 0.1) is 0 Å². The lowest BCUT2D eigenvalue weighted by Crippen LogP contribution is -2.22. The molecule has 2 aromatic rings. The summed E-state index contributed by atoms with van der Waals surface area (Å²) in [6.45, 7) is 6.25. The second kappa shape index (κ2) is 6.97. The van der Waals surface area contributed by atoms with Gasteiger partial charge in [-0.05, 0) is 41.3 Å². The van der Waals surface area contributed by atoms with E-state index in [0.29, 0.717) is 12.2 Å². The smallest absolute Gasteiger partial charge is 0.262 e. The number of halogens is 1. The van der Waals surface area contributed by atoms with E-state index in [4.69, 9.17) is 16.3 Å². The Kier molecular flexibility index (Phi) is 5.25. The second-order valence-corrected chi connectivity index (χ2v) is 6.21. The van der Waals surface area contributed by atoms with Crippen molar-refractivity contribution in [2.75, 3.05) is 0 Å². The maximum atomic E-state index is 11.2. The average molecular weight is 317 g/mol. The van der Waals surface area contributed by atoms with Crippen LogP contribution in [0.4, 0.5) is 0 Å². The van der Waals surface area contributed by atoms with Crippen LogP contribution >= 0.6 is 11.6 Å². The zero-order valence-electron chi connectivity index (χ0n) is 13.2. The van der Waals surface area contributed by atoms with Gasteiger partial charge in [-0.3, -0.25) is 4.79 Å². The summed E-state index contributed by atoms with van der Waals surface area (Å²) in [5.74, 6) is 0.661. The molecule has 0 saturated carbocycles. The highest BCUT2D eigenvalue weighted by Gasteiger charge is 2.23. The molecule has 2 rings (SSSR count). The Morgan fingerprint density at radius 2 is 1.59 bits per heavy atom. The van der Waals surface area contributed by atoms with Crippen molar-refractivity contribution >= 4 is 16.8 Å². The summed E-state index contributed by atoms with van der Waals surface area (Å²) in [7, 11) is 0. The van der Waals surface area contributed by atoms with Crippen molar-refractivity contribution in [2.45, 2.75) is 38.7 Å². The van der Waals surface area contributed by atoms with Crippen LogP contribution in [-0.2, 0) is 10.2 Å².